The maximum atomic E-state index is 12.3. The van der Waals surface area contributed by atoms with Crippen molar-refractivity contribution >= 4 is 9.84 Å². The third kappa shape index (κ3) is 2.36. The standard InChI is InChI=1S/C11H22NO2S/c1-10(2)15(13,14)11(9-12)7-5-3-4-6-8-11/h10,12H,3-9H2,1-2H3. The van der Waals surface area contributed by atoms with Crippen molar-refractivity contribution in [2.75, 3.05) is 6.54 Å². The molecular weight excluding hydrogens is 210 g/mol. The smallest absolute Gasteiger partial charge is 0.159 e. The minimum Gasteiger partial charge on any atom is -0.256 e. The van der Waals surface area contributed by atoms with Gasteiger partial charge in [-0.15, -0.1) is 0 Å². The first-order chi connectivity index (χ1) is 6.96. The molecule has 1 saturated carbocycles. The normalized spacial score (nSPS) is 22.7. The maximum absolute atomic E-state index is 12.3. The van der Waals surface area contributed by atoms with Gasteiger partial charge >= 0.3 is 0 Å². The van der Waals surface area contributed by atoms with Crippen LogP contribution in [0.15, 0.2) is 0 Å². The van der Waals surface area contributed by atoms with Crippen LogP contribution in [-0.2, 0) is 9.84 Å². The molecule has 0 saturated heterocycles. The van der Waals surface area contributed by atoms with E-state index in [2.05, 4.69) is 0 Å². The van der Waals surface area contributed by atoms with Gasteiger partial charge in [0.05, 0.1) is 10.00 Å². The highest BCUT2D eigenvalue weighted by atomic mass is 32.2. The first-order valence-corrected chi connectivity index (χ1v) is 7.39. The second-order valence-electron chi connectivity index (χ2n) is 4.87. The number of rotatable bonds is 3. The van der Waals surface area contributed by atoms with Crippen LogP contribution in [0.4, 0.5) is 0 Å². The van der Waals surface area contributed by atoms with Crippen molar-refractivity contribution in [2.24, 2.45) is 0 Å². The Morgan fingerprint density at radius 1 is 1.13 bits per heavy atom. The lowest BCUT2D eigenvalue weighted by Gasteiger charge is -2.32. The molecule has 0 aromatic heterocycles. The number of sulfone groups is 1. The van der Waals surface area contributed by atoms with Crippen molar-refractivity contribution in [3.63, 3.8) is 0 Å². The highest BCUT2D eigenvalue weighted by molar-refractivity contribution is 7.93. The summed E-state index contributed by atoms with van der Waals surface area (Å²) in [4.78, 5) is 0. The van der Waals surface area contributed by atoms with Crippen LogP contribution in [0.2, 0.25) is 0 Å². The molecule has 1 aliphatic rings. The molecule has 15 heavy (non-hydrogen) atoms. The molecule has 0 amide bonds. The van der Waals surface area contributed by atoms with Crippen molar-refractivity contribution in [3.05, 3.63) is 0 Å². The maximum Gasteiger partial charge on any atom is 0.159 e. The molecule has 0 atom stereocenters. The van der Waals surface area contributed by atoms with E-state index in [9.17, 15) is 8.42 Å². The van der Waals surface area contributed by atoms with Crippen molar-refractivity contribution in [1.82, 2.24) is 5.73 Å². The van der Waals surface area contributed by atoms with E-state index in [1.54, 1.807) is 13.8 Å². The molecule has 1 fully saturated rings. The van der Waals surface area contributed by atoms with Gasteiger partial charge in [0.2, 0.25) is 0 Å². The van der Waals surface area contributed by atoms with Gasteiger partial charge in [-0.3, -0.25) is 5.73 Å². The lowest BCUT2D eigenvalue weighted by Crippen LogP contribution is -2.46. The molecule has 0 unspecified atom stereocenters. The van der Waals surface area contributed by atoms with Gasteiger partial charge in [0, 0.05) is 6.54 Å². The summed E-state index contributed by atoms with van der Waals surface area (Å²) in [5.74, 6) is 0. The van der Waals surface area contributed by atoms with E-state index in [-0.39, 0.29) is 11.8 Å². The second kappa shape index (κ2) is 4.83. The summed E-state index contributed by atoms with van der Waals surface area (Å²) >= 11 is 0. The molecule has 1 N–H and O–H groups in total. The minimum absolute atomic E-state index is 0.0352. The van der Waals surface area contributed by atoms with Crippen LogP contribution < -0.4 is 5.73 Å². The summed E-state index contributed by atoms with van der Waals surface area (Å²) in [5, 5.41) is -0.346. The van der Waals surface area contributed by atoms with Crippen molar-refractivity contribution in [1.29, 1.82) is 0 Å². The largest absolute Gasteiger partial charge is 0.256 e. The average Bonchev–Trinajstić information content (AvgIpc) is 2.43. The Morgan fingerprint density at radius 2 is 1.60 bits per heavy atom. The molecule has 0 bridgehead atoms. The lowest BCUT2D eigenvalue weighted by molar-refractivity contribution is 0.455. The van der Waals surface area contributed by atoms with Gasteiger partial charge in [-0.1, -0.05) is 25.7 Å². The molecule has 0 spiro atoms. The molecule has 1 radical (unpaired) electrons. The van der Waals surface area contributed by atoms with Gasteiger partial charge < -0.3 is 0 Å². The van der Waals surface area contributed by atoms with E-state index in [0.717, 1.165) is 25.7 Å². The van der Waals surface area contributed by atoms with Crippen LogP contribution in [0.3, 0.4) is 0 Å². The molecular formula is C11H22NO2S. The molecule has 4 heteroatoms. The van der Waals surface area contributed by atoms with E-state index in [0.29, 0.717) is 12.8 Å². The molecule has 0 aromatic carbocycles. The Hall–Kier alpha value is -0.0900. The molecule has 1 rings (SSSR count). The summed E-state index contributed by atoms with van der Waals surface area (Å²) < 4.78 is 23.8. The van der Waals surface area contributed by atoms with Crippen LogP contribution in [0.25, 0.3) is 0 Å². The first-order valence-electron chi connectivity index (χ1n) is 5.84. The van der Waals surface area contributed by atoms with Gasteiger partial charge in [-0.2, -0.15) is 0 Å². The summed E-state index contributed by atoms with van der Waals surface area (Å²) in [7, 11) is -3.12. The monoisotopic (exact) mass is 232 g/mol. The Kier molecular flexibility index (Phi) is 4.18. The summed E-state index contributed by atoms with van der Waals surface area (Å²) in [6.07, 6.45) is 5.55. The summed E-state index contributed by atoms with van der Waals surface area (Å²) in [6.45, 7) is 3.50. The second-order valence-corrected chi connectivity index (χ2v) is 7.77. The lowest BCUT2D eigenvalue weighted by atomic mass is 9.99. The topological polar surface area (TPSA) is 57.9 Å². The van der Waals surface area contributed by atoms with Gasteiger partial charge in [0.1, 0.15) is 0 Å². The fourth-order valence-corrected chi connectivity index (χ4v) is 4.49. The van der Waals surface area contributed by atoms with Gasteiger partial charge in [0.25, 0.3) is 0 Å². The predicted octanol–water partition coefficient (Wildman–Crippen LogP) is 2.19. The van der Waals surface area contributed by atoms with E-state index in [1.165, 1.54) is 0 Å². The first kappa shape index (κ1) is 13.0. The summed E-state index contributed by atoms with van der Waals surface area (Å²) in [5.41, 5.74) is 7.61. The Balaban J connectivity index is 3.02. The molecule has 1 aliphatic carbocycles. The Labute approximate surface area is 93.3 Å². The number of nitrogens with one attached hydrogen (secondary N) is 1. The van der Waals surface area contributed by atoms with E-state index in [1.807, 2.05) is 0 Å². The molecule has 0 heterocycles. The van der Waals surface area contributed by atoms with Crippen LogP contribution in [0.5, 0.6) is 0 Å². The fourth-order valence-electron chi connectivity index (χ4n) is 2.43. The average molecular weight is 232 g/mol. The Morgan fingerprint density at radius 3 is 1.93 bits per heavy atom. The highest BCUT2D eigenvalue weighted by Crippen LogP contribution is 2.35. The third-order valence-electron chi connectivity index (χ3n) is 3.56. The van der Waals surface area contributed by atoms with Gasteiger partial charge in [-0.05, 0) is 26.7 Å². The third-order valence-corrected chi connectivity index (χ3v) is 6.56. The predicted molar refractivity (Wildman–Crippen MR) is 62.5 cm³/mol. The zero-order chi connectivity index (χ0) is 11.5. The highest BCUT2D eigenvalue weighted by Gasteiger charge is 2.44. The van der Waals surface area contributed by atoms with Crippen molar-refractivity contribution < 1.29 is 8.42 Å². The Bertz CT molecular complexity index is 288. The minimum atomic E-state index is -3.12. The van der Waals surface area contributed by atoms with Crippen molar-refractivity contribution in [3.8, 4) is 0 Å². The van der Waals surface area contributed by atoms with E-state index >= 15 is 0 Å². The SMILES string of the molecule is CC(C)S(=O)(=O)C1(C[NH])CCCCCC1. The molecule has 0 aliphatic heterocycles. The van der Waals surface area contributed by atoms with E-state index < -0.39 is 14.6 Å². The van der Waals surface area contributed by atoms with Crippen LogP contribution in [-0.4, -0.2) is 25.0 Å². The molecule has 89 valence electrons. The number of hydrogen-bond acceptors (Lipinski definition) is 2. The fraction of sp³-hybridized carbons (Fsp3) is 1.00. The van der Waals surface area contributed by atoms with Gasteiger partial charge in [0.15, 0.2) is 9.84 Å². The molecule has 3 nitrogen and oxygen atoms in total. The van der Waals surface area contributed by atoms with Crippen LogP contribution in [0, 0.1) is 0 Å². The zero-order valence-corrected chi connectivity index (χ0v) is 10.6. The van der Waals surface area contributed by atoms with Crippen LogP contribution >= 0.6 is 0 Å². The van der Waals surface area contributed by atoms with Crippen LogP contribution in [0.1, 0.15) is 52.4 Å². The van der Waals surface area contributed by atoms with Gasteiger partial charge in [-0.25, -0.2) is 8.42 Å². The number of hydrogen-bond donors (Lipinski definition) is 0. The zero-order valence-electron chi connectivity index (χ0n) is 9.75. The van der Waals surface area contributed by atoms with E-state index in [4.69, 9.17) is 5.73 Å². The molecule has 0 aromatic rings. The van der Waals surface area contributed by atoms with Crippen molar-refractivity contribution in [2.45, 2.75) is 62.4 Å². The quantitative estimate of drug-likeness (QED) is 0.700. The summed E-state index contributed by atoms with van der Waals surface area (Å²) in [6, 6.07) is 0.